The van der Waals surface area contributed by atoms with E-state index in [1.807, 2.05) is 6.92 Å². The van der Waals surface area contributed by atoms with Crippen LogP contribution >= 0.6 is 0 Å². The third-order valence-corrected chi connectivity index (χ3v) is 3.36. The average molecular weight is 305 g/mol. The minimum atomic E-state index is 0.393. The van der Waals surface area contributed by atoms with E-state index in [2.05, 4.69) is 59.8 Å². The van der Waals surface area contributed by atoms with Crippen molar-refractivity contribution >= 4 is 5.96 Å². The molecule has 0 bridgehead atoms. The lowest BCUT2D eigenvalue weighted by molar-refractivity contribution is 0.146. The number of aryl methyl sites for hydroxylation is 1. The summed E-state index contributed by atoms with van der Waals surface area (Å²) in [5, 5.41) is 6.78. The third-order valence-electron chi connectivity index (χ3n) is 3.36. The quantitative estimate of drug-likeness (QED) is 0.397. The van der Waals surface area contributed by atoms with Crippen molar-refractivity contribution in [3.63, 3.8) is 0 Å². The Morgan fingerprint density at radius 3 is 2.68 bits per heavy atom. The molecule has 0 aliphatic carbocycles. The largest absolute Gasteiger partial charge is 0.382 e. The minimum absolute atomic E-state index is 0.393. The molecular formula is C18H31N3O. The highest BCUT2D eigenvalue weighted by atomic mass is 16.5. The molecule has 0 saturated carbocycles. The summed E-state index contributed by atoms with van der Waals surface area (Å²) in [5.74, 6) is 0.902. The van der Waals surface area contributed by atoms with Crippen LogP contribution in [0, 0.1) is 0 Å². The zero-order valence-corrected chi connectivity index (χ0v) is 14.3. The van der Waals surface area contributed by atoms with Crippen LogP contribution in [0.1, 0.15) is 39.2 Å². The Bertz CT molecular complexity index is 406. The molecule has 1 aromatic carbocycles. The number of ether oxygens (including phenoxy) is 1. The molecule has 0 fully saturated rings. The van der Waals surface area contributed by atoms with Crippen LogP contribution in [0.2, 0.25) is 0 Å². The SMILES string of the molecule is CCNC(=NCCCOCC)NC(C)CCc1ccccc1. The van der Waals surface area contributed by atoms with Crippen molar-refractivity contribution in [2.45, 2.75) is 46.1 Å². The van der Waals surface area contributed by atoms with Crippen LogP contribution in [0.5, 0.6) is 0 Å². The molecule has 22 heavy (non-hydrogen) atoms. The van der Waals surface area contributed by atoms with E-state index in [1.165, 1.54) is 5.56 Å². The number of hydrogen-bond acceptors (Lipinski definition) is 2. The van der Waals surface area contributed by atoms with Crippen molar-refractivity contribution < 1.29 is 4.74 Å². The van der Waals surface area contributed by atoms with Gasteiger partial charge in [0.15, 0.2) is 5.96 Å². The Morgan fingerprint density at radius 1 is 1.23 bits per heavy atom. The Morgan fingerprint density at radius 2 is 2.00 bits per heavy atom. The van der Waals surface area contributed by atoms with E-state index in [1.54, 1.807) is 0 Å². The average Bonchev–Trinajstić information content (AvgIpc) is 2.54. The number of hydrogen-bond donors (Lipinski definition) is 2. The molecular weight excluding hydrogens is 274 g/mol. The molecule has 0 radical (unpaired) electrons. The Balaban J connectivity index is 2.32. The highest BCUT2D eigenvalue weighted by Crippen LogP contribution is 2.04. The lowest BCUT2D eigenvalue weighted by Crippen LogP contribution is -2.42. The molecule has 0 aliphatic heterocycles. The number of rotatable bonds is 10. The normalized spacial score (nSPS) is 13.0. The highest BCUT2D eigenvalue weighted by Gasteiger charge is 2.05. The molecule has 4 nitrogen and oxygen atoms in total. The van der Waals surface area contributed by atoms with E-state index in [0.717, 1.165) is 51.5 Å². The molecule has 2 N–H and O–H groups in total. The number of aliphatic imine (C=N–C) groups is 1. The van der Waals surface area contributed by atoms with Gasteiger partial charge in [-0.3, -0.25) is 4.99 Å². The number of benzene rings is 1. The second-order valence-electron chi connectivity index (χ2n) is 5.38. The standard InChI is InChI=1S/C18H31N3O/c1-4-19-18(20-14-9-15-22-5-2)21-16(3)12-13-17-10-7-6-8-11-17/h6-8,10-11,16H,4-5,9,12-15H2,1-3H3,(H2,19,20,21). The third kappa shape index (κ3) is 8.67. The van der Waals surface area contributed by atoms with Crippen molar-refractivity contribution in [2.24, 2.45) is 4.99 Å². The van der Waals surface area contributed by atoms with Crippen LogP contribution < -0.4 is 10.6 Å². The summed E-state index contributed by atoms with van der Waals surface area (Å²) in [6.45, 7) is 9.54. The summed E-state index contributed by atoms with van der Waals surface area (Å²) in [7, 11) is 0. The lowest BCUT2D eigenvalue weighted by Gasteiger charge is -2.18. The van der Waals surface area contributed by atoms with E-state index >= 15 is 0 Å². The van der Waals surface area contributed by atoms with Gasteiger partial charge in [0.1, 0.15) is 0 Å². The van der Waals surface area contributed by atoms with Crippen LogP contribution in [-0.2, 0) is 11.2 Å². The van der Waals surface area contributed by atoms with Crippen LogP contribution in [-0.4, -0.2) is 38.3 Å². The Hall–Kier alpha value is -1.55. The summed E-state index contributed by atoms with van der Waals surface area (Å²) in [6.07, 6.45) is 3.13. The van der Waals surface area contributed by atoms with Gasteiger partial charge in [0.2, 0.25) is 0 Å². The van der Waals surface area contributed by atoms with Crippen molar-refractivity contribution in [3.05, 3.63) is 35.9 Å². The maximum Gasteiger partial charge on any atom is 0.191 e. The predicted molar refractivity (Wildman–Crippen MR) is 94.4 cm³/mol. The number of nitrogens with one attached hydrogen (secondary N) is 2. The molecule has 124 valence electrons. The first-order chi connectivity index (χ1) is 10.8. The monoisotopic (exact) mass is 305 g/mol. The van der Waals surface area contributed by atoms with E-state index in [-0.39, 0.29) is 0 Å². The lowest BCUT2D eigenvalue weighted by atomic mass is 10.1. The fourth-order valence-corrected chi connectivity index (χ4v) is 2.16. The van der Waals surface area contributed by atoms with Gasteiger partial charge >= 0.3 is 0 Å². The maximum absolute atomic E-state index is 5.33. The highest BCUT2D eigenvalue weighted by molar-refractivity contribution is 5.80. The van der Waals surface area contributed by atoms with Gasteiger partial charge in [-0.25, -0.2) is 0 Å². The van der Waals surface area contributed by atoms with Gasteiger partial charge in [-0.15, -0.1) is 0 Å². The van der Waals surface area contributed by atoms with E-state index in [9.17, 15) is 0 Å². The summed E-state index contributed by atoms with van der Waals surface area (Å²) in [4.78, 5) is 4.59. The summed E-state index contributed by atoms with van der Waals surface area (Å²) < 4.78 is 5.33. The van der Waals surface area contributed by atoms with Gasteiger partial charge in [-0.05, 0) is 45.6 Å². The first-order valence-electron chi connectivity index (χ1n) is 8.42. The Labute approximate surface area is 135 Å². The summed E-state index contributed by atoms with van der Waals surface area (Å²) in [6, 6.07) is 11.0. The second-order valence-corrected chi connectivity index (χ2v) is 5.38. The first-order valence-corrected chi connectivity index (χ1v) is 8.42. The summed E-state index contributed by atoms with van der Waals surface area (Å²) >= 11 is 0. The molecule has 0 saturated heterocycles. The molecule has 0 aliphatic rings. The van der Waals surface area contributed by atoms with Crippen molar-refractivity contribution in [3.8, 4) is 0 Å². The maximum atomic E-state index is 5.33. The topological polar surface area (TPSA) is 45.7 Å². The van der Waals surface area contributed by atoms with Gasteiger partial charge in [0, 0.05) is 32.3 Å². The van der Waals surface area contributed by atoms with Gasteiger partial charge in [0.05, 0.1) is 0 Å². The molecule has 0 heterocycles. The number of guanidine groups is 1. The van der Waals surface area contributed by atoms with Crippen molar-refractivity contribution in [1.82, 2.24) is 10.6 Å². The fraction of sp³-hybridized carbons (Fsp3) is 0.611. The molecule has 1 rings (SSSR count). The van der Waals surface area contributed by atoms with Crippen LogP contribution in [0.15, 0.2) is 35.3 Å². The molecule has 4 heteroatoms. The van der Waals surface area contributed by atoms with Gasteiger partial charge < -0.3 is 15.4 Å². The molecule has 1 aromatic rings. The zero-order valence-electron chi connectivity index (χ0n) is 14.3. The van der Waals surface area contributed by atoms with E-state index in [4.69, 9.17) is 4.74 Å². The Kier molecular flexibility index (Phi) is 10.1. The molecule has 1 unspecified atom stereocenters. The smallest absolute Gasteiger partial charge is 0.191 e. The minimum Gasteiger partial charge on any atom is -0.382 e. The van der Waals surface area contributed by atoms with E-state index in [0.29, 0.717) is 6.04 Å². The predicted octanol–water partition coefficient (Wildman–Crippen LogP) is 2.99. The van der Waals surface area contributed by atoms with Crippen LogP contribution in [0.4, 0.5) is 0 Å². The molecule has 0 amide bonds. The van der Waals surface area contributed by atoms with Crippen LogP contribution in [0.3, 0.4) is 0 Å². The molecule has 0 aromatic heterocycles. The second kappa shape index (κ2) is 12.0. The molecule has 0 spiro atoms. The van der Waals surface area contributed by atoms with Crippen molar-refractivity contribution in [1.29, 1.82) is 0 Å². The van der Waals surface area contributed by atoms with Gasteiger partial charge in [-0.1, -0.05) is 30.3 Å². The van der Waals surface area contributed by atoms with Gasteiger partial charge in [-0.2, -0.15) is 0 Å². The zero-order chi connectivity index (χ0) is 16.0. The van der Waals surface area contributed by atoms with Gasteiger partial charge in [0.25, 0.3) is 0 Å². The fourth-order valence-electron chi connectivity index (χ4n) is 2.16. The summed E-state index contributed by atoms with van der Waals surface area (Å²) in [5.41, 5.74) is 1.38. The first kappa shape index (κ1) is 18.5. The molecule has 1 atom stereocenters. The van der Waals surface area contributed by atoms with Crippen molar-refractivity contribution in [2.75, 3.05) is 26.3 Å². The number of nitrogens with zero attached hydrogens (tertiary/aromatic N) is 1. The van der Waals surface area contributed by atoms with E-state index < -0.39 is 0 Å². The van der Waals surface area contributed by atoms with Crippen LogP contribution in [0.25, 0.3) is 0 Å².